The molecule has 144 valence electrons. The van der Waals surface area contributed by atoms with Crippen LogP contribution in [0.15, 0.2) is 48.5 Å². The smallest absolute Gasteiger partial charge is 0.174 e. The highest BCUT2D eigenvalue weighted by Gasteiger charge is 2.33. The Bertz CT molecular complexity index is 917. The third-order valence-corrected chi connectivity index (χ3v) is 7.01. The summed E-state index contributed by atoms with van der Waals surface area (Å²) in [6.45, 7) is 0.446. The Kier molecular flexibility index (Phi) is 6.24. The normalized spacial score (nSPS) is 18.1. The molecule has 1 unspecified atom stereocenters. The van der Waals surface area contributed by atoms with Crippen LogP contribution < -0.4 is 10.1 Å². The average molecular weight is 425 g/mol. The third-order valence-electron chi connectivity index (χ3n) is 4.55. The van der Waals surface area contributed by atoms with Crippen LogP contribution in [0.3, 0.4) is 0 Å². The van der Waals surface area contributed by atoms with Gasteiger partial charge in [-0.3, -0.25) is 0 Å². The fourth-order valence-corrected chi connectivity index (χ4v) is 5.33. The van der Waals surface area contributed by atoms with Crippen molar-refractivity contribution in [1.29, 1.82) is 0 Å². The van der Waals surface area contributed by atoms with E-state index in [0.29, 0.717) is 23.1 Å². The second kappa shape index (κ2) is 8.46. The summed E-state index contributed by atoms with van der Waals surface area (Å²) in [5.74, 6) is 1.03. The fourth-order valence-electron chi connectivity index (χ4n) is 3.07. The lowest BCUT2D eigenvalue weighted by Crippen LogP contribution is -2.43. The summed E-state index contributed by atoms with van der Waals surface area (Å²) in [5, 5.41) is 4.31. The summed E-state index contributed by atoms with van der Waals surface area (Å²) in [6, 6.07) is 14.7. The van der Waals surface area contributed by atoms with E-state index < -0.39 is 9.84 Å². The number of benzene rings is 2. The molecule has 8 heteroatoms. The van der Waals surface area contributed by atoms with Crippen LogP contribution in [0.2, 0.25) is 5.02 Å². The lowest BCUT2D eigenvalue weighted by molar-refractivity contribution is 0.332. The summed E-state index contributed by atoms with van der Waals surface area (Å²) in [6.07, 6.45) is 0.553. The lowest BCUT2D eigenvalue weighted by Gasteiger charge is -2.31. The molecule has 0 aliphatic carbocycles. The van der Waals surface area contributed by atoms with E-state index in [1.54, 1.807) is 7.11 Å². The van der Waals surface area contributed by atoms with Crippen LogP contribution in [0.25, 0.3) is 0 Å². The Balaban J connectivity index is 1.81. The van der Waals surface area contributed by atoms with Crippen molar-refractivity contribution in [1.82, 2.24) is 4.90 Å². The molecule has 3 rings (SSSR count). The quantitative estimate of drug-likeness (QED) is 0.738. The maximum Gasteiger partial charge on any atom is 0.174 e. The average Bonchev–Trinajstić information content (AvgIpc) is 3.01. The Labute approximate surface area is 170 Å². The molecule has 2 aromatic rings. The Morgan fingerprint density at radius 1 is 1.26 bits per heavy atom. The largest absolute Gasteiger partial charge is 0.497 e. The van der Waals surface area contributed by atoms with E-state index in [2.05, 4.69) is 5.32 Å². The number of thiocarbonyl (C=S) groups is 1. The molecule has 0 saturated carbocycles. The highest BCUT2D eigenvalue weighted by atomic mass is 35.5. The van der Waals surface area contributed by atoms with Gasteiger partial charge in [0.25, 0.3) is 0 Å². The highest BCUT2D eigenvalue weighted by molar-refractivity contribution is 7.91. The van der Waals surface area contributed by atoms with Crippen molar-refractivity contribution in [2.45, 2.75) is 19.0 Å². The molecule has 0 bridgehead atoms. The summed E-state index contributed by atoms with van der Waals surface area (Å²) >= 11 is 11.9. The number of nitrogens with zero attached hydrogens (tertiary/aromatic N) is 1. The van der Waals surface area contributed by atoms with Gasteiger partial charge in [0.2, 0.25) is 0 Å². The van der Waals surface area contributed by atoms with Crippen molar-refractivity contribution < 1.29 is 13.2 Å². The second-order valence-corrected chi connectivity index (χ2v) is 9.46. The SMILES string of the molecule is COc1ccc(NC(=S)N(Cc2ccccc2Cl)C2CCS(=O)(=O)C2)cc1. The number of methoxy groups -OCH3 is 1. The number of halogens is 1. The summed E-state index contributed by atoms with van der Waals surface area (Å²) < 4.78 is 29.1. The maximum absolute atomic E-state index is 12.0. The van der Waals surface area contributed by atoms with E-state index in [-0.39, 0.29) is 17.5 Å². The van der Waals surface area contributed by atoms with Crippen molar-refractivity contribution in [3.05, 3.63) is 59.1 Å². The van der Waals surface area contributed by atoms with Crippen LogP contribution in [-0.2, 0) is 16.4 Å². The zero-order chi connectivity index (χ0) is 19.4. The van der Waals surface area contributed by atoms with E-state index in [0.717, 1.165) is 17.0 Å². The van der Waals surface area contributed by atoms with E-state index in [1.807, 2.05) is 53.4 Å². The molecule has 0 aromatic heterocycles. The standard InChI is InChI=1S/C19H21ClN2O3S2/c1-25-17-8-6-15(7-9-17)21-19(26)22(16-10-11-27(23,24)13-16)12-14-4-2-3-5-18(14)20/h2-9,16H,10-13H2,1H3,(H,21,26). The Morgan fingerprint density at radius 3 is 2.56 bits per heavy atom. The zero-order valence-corrected chi connectivity index (χ0v) is 17.3. The molecule has 1 aliphatic rings. The minimum absolute atomic E-state index is 0.0991. The monoisotopic (exact) mass is 424 g/mol. The van der Waals surface area contributed by atoms with Crippen molar-refractivity contribution in [3.8, 4) is 5.75 Å². The molecule has 0 spiro atoms. The maximum atomic E-state index is 12.0. The predicted octanol–water partition coefficient (Wildman–Crippen LogP) is 3.73. The van der Waals surface area contributed by atoms with Gasteiger partial charge in [-0.2, -0.15) is 0 Å². The van der Waals surface area contributed by atoms with Gasteiger partial charge < -0.3 is 15.0 Å². The van der Waals surface area contributed by atoms with Crippen LogP contribution in [0.1, 0.15) is 12.0 Å². The van der Waals surface area contributed by atoms with Crippen LogP contribution in [0, 0.1) is 0 Å². The highest BCUT2D eigenvalue weighted by Crippen LogP contribution is 2.25. The van der Waals surface area contributed by atoms with Gasteiger partial charge >= 0.3 is 0 Å². The molecule has 1 atom stereocenters. The van der Waals surface area contributed by atoms with Crippen LogP contribution in [0.5, 0.6) is 5.75 Å². The van der Waals surface area contributed by atoms with Crippen LogP contribution >= 0.6 is 23.8 Å². The van der Waals surface area contributed by atoms with Gasteiger partial charge in [-0.15, -0.1) is 0 Å². The van der Waals surface area contributed by atoms with Gasteiger partial charge in [0.05, 0.1) is 18.6 Å². The number of nitrogens with one attached hydrogen (secondary N) is 1. The number of anilines is 1. The molecule has 5 nitrogen and oxygen atoms in total. The van der Waals surface area contributed by atoms with Gasteiger partial charge in [0.15, 0.2) is 14.9 Å². The van der Waals surface area contributed by atoms with E-state index in [9.17, 15) is 8.42 Å². The number of hydrogen-bond donors (Lipinski definition) is 1. The topological polar surface area (TPSA) is 58.6 Å². The minimum Gasteiger partial charge on any atom is -0.497 e. The van der Waals surface area contributed by atoms with E-state index in [1.165, 1.54) is 0 Å². The zero-order valence-electron chi connectivity index (χ0n) is 14.9. The molecule has 1 heterocycles. The summed E-state index contributed by atoms with van der Waals surface area (Å²) in [4.78, 5) is 1.92. The summed E-state index contributed by atoms with van der Waals surface area (Å²) in [7, 11) is -1.43. The molecular weight excluding hydrogens is 404 g/mol. The van der Waals surface area contributed by atoms with Crippen molar-refractivity contribution in [3.63, 3.8) is 0 Å². The van der Waals surface area contributed by atoms with Gasteiger partial charge in [-0.05, 0) is 54.5 Å². The first-order valence-electron chi connectivity index (χ1n) is 8.53. The van der Waals surface area contributed by atoms with Crippen molar-refractivity contribution in [2.24, 2.45) is 0 Å². The predicted molar refractivity (Wildman–Crippen MR) is 113 cm³/mol. The van der Waals surface area contributed by atoms with E-state index in [4.69, 9.17) is 28.6 Å². The summed E-state index contributed by atoms with van der Waals surface area (Å²) in [5.41, 5.74) is 1.72. The van der Waals surface area contributed by atoms with Gasteiger partial charge in [0.1, 0.15) is 5.75 Å². The minimum atomic E-state index is -3.04. The van der Waals surface area contributed by atoms with E-state index >= 15 is 0 Å². The van der Waals surface area contributed by atoms with Gasteiger partial charge in [-0.25, -0.2) is 8.42 Å². The number of sulfone groups is 1. The van der Waals surface area contributed by atoms with Crippen molar-refractivity contribution in [2.75, 3.05) is 23.9 Å². The molecule has 27 heavy (non-hydrogen) atoms. The molecule has 1 aliphatic heterocycles. The number of hydrogen-bond acceptors (Lipinski definition) is 4. The molecular formula is C19H21ClN2O3S2. The first-order chi connectivity index (χ1) is 12.9. The molecule has 1 saturated heterocycles. The molecule has 0 amide bonds. The first kappa shape index (κ1) is 19.9. The number of ether oxygens (including phenoxy) is 1. The van der Waals surface area contributed by atoms with Crippen LogP contribution in [-0.4, -0.2) is 43.1 Å². The Hall–Kier alpha value is -1.83. The first-order valence-corrected chi connectivity index (χ1v) is 11.1. The number of rotatable bonds is 5. The second-order valence-electron chi connectivity index (χ2n) is 6.43. The fraction of sp³-hybridized carbons (Fsp3) is 0.316. The third kappa shape index (κ3) is 5.12. The van der Waals surface area contributed by atoms with Gasteiger partial charge in [0, 0.05) is 23.3 Å². The lowest BCUT2D eigenvalue weighted by atomic mass is 10.1. The Morgan fingerprint density at radius 2 is 1.96 bits per heavy atom. The molecule has 1 fully saturated rings. The molecule has 0 radical (unpaired) electrons. The van der Waals surface area contributed by atoms with Crippen molar-refractivity contribution >= 4 is 44.5 Å². The molecule has 1 N–H and O–H groups in total. The van der Waals surface area contributed by atoms with Crippen LogP contribution in [0.4, 0.5) is 5.69 Å². The van der Waals surface area contributed by atoms with Gasteiger partial charge in [-0.1, -0.05) is 29.8 Å². The molecule has 2 aromatic carbocycles.